The minimum atomic E-state index is -0.301. The molecule has 0 radical (unpaired) electrons. The molecule has 0 fully saturated rings. The molecule has 1 aromatic carbocycles. The zero-order chi connectivity index (χ0) is 13.8. The van der Waals surface area contributed by atoms with E-state index in [9.17, 15) is 4.79 Å². The summed E-state index contributed by atoms with van der Waals surface area (Å²) in [7, 11) is 0. The average molecular weight is 264 g/mol. The third-order valence-corrected chi connectivity index (χ3v) is 2.75. The third-order valence-electron chi connectivity index (χ3n) is 2.75. The smallest absolute Gasteiger partial charge is 0.242 e. The molecule has 2 N–H and O–H groups in total. The van der Waals surface area contributed by atoms with Gasteiger partial charge >= 0.3 is 0 Å². The first-order valence-electron chi connectivity index (χ1n) is 6.53. The number of nitrogens with one attached hydrogen (secondary N) is 2. The van der Waals surface area contributed by atoms with Crippen molar-refractivity contribution >= 4 is 11.6 Å². The van der Waals surface area contributed by atoms with E-state index in [1.54, 1.807) is 0 Å². The minimum absolute atomic E-state index is 0.0233. The Hall–Kier alpha value is -1.91. The first-order chi connectivity index (χ1) is 9.06. The quantitative estimate of drug-likeness (QED) is 0.870. The molecular formula is C14H20N2O3. The standard InChI is InChI=1S/C14H20N2O3/c1-9(2)15-14(17)10(3)16-11-4-5-12-13(8-11)19-7-6-18-12/h4-5,8-10,16H,6-7H2,1-3H3,(H,15,17). The number of fused-ring (bicyclic) bond motifs is 1. The summed E-state index contributed by atoms with van der Waals surface area (Å²) in [6, 6.07) is 5.42. The van der Waals surface area contributed by atoms with E-state index < -0.39 is 0 Å². The first-order valence-corrected chi connectivity index (χ1v) is 6.53. The Labute approximate surface area is 113 Å². The fraction of sp³-hybridized carbons (Fsp3) is 0.500. The molecule has 1 amide bonds. The van der Waals surface area contributed by atoms with Gasteiger partial charge in [0.2, 0.25) is 5.91 Å². The van der Waals surface area contributed by atoms with Crippen LogP contribution in [0.25, 0.3) is 0 Å². The molecule has 0 spiro atoms. The number of carbonyl (C=O) groups excluding carboxylic acids is 1. The summed E-state index contributed by atoms with van der Waals surface area (Å²) >= 11 is 0. The normalized spacial score (nSPS) is 14.9. The van der Waals surface area contributed by atoms with Gasteiger partial charge in [-0.05, 0) is 32.9 Å². The van der Waals surface area contributed by atoms with Crippen LogP contribution in [0.1, 0.15) is 20.8 Å². The lowest BCUT2D eigenvalue weighted by atomic mass is 10.2. The van der Waals surface area contributed by atoms with Crippen molar-refractivity contribution in [3.8, 4) is 11.5 Å². The number of carbonyl (C=O) groups is 1. The van der Waals surface area contributed by atoms with Gasteiger partial charge in [0.1, 0.15) is 19.3 Å². The van der Waals surface area contributed by atoms with Crippen molar-refractivity contribution in [1.29, 1.82) is 0 Å². The van der Waals surface area contributed by atoms with E-state index in [2.05, 4.69) is 10.6 Å². The molecule has 1 atom stereocenters. The van der Waals surface area contributed by atoms with Crippen molar-refractivity contribution in [2.75, 3.05) is 18.5 Å². The highest BCUT2D eigenvalue weighted by molar-refractivity contribution is 5.84. The molecule has 0 aromatic heterocycles. The number of amides is 1. The van der Waals surface area contributed by atoms with Crippen LogP contribution in [0.2, 0.25) is 0 Å². The van der Waals surface area contributed by atoms with Crippen LogP contribution < -0.4 is 20.1 Å². The summed E-state index contributed by atoms with van der Waals surface area (Å²) in [5.41, 5.74) is 0.843. The Morgan fingerprint density at radius 2 is 1.84 bits per heavy atom. The highest BCUT2D eigenvalue weighted by atomic mass is 16.6. The fourth-order valence-corrected chi connectivity index (χ4v) is 1.86. The van der Waals surface area contributed by atoms with Crippen molar-refractivity contribution in [2.45, 2.75) is 32.9 Å². The van der Waals surface area contributed by atoms with Gasteiger partial charge in [0, 0.05) is 17.8 Å². The number of rotatable bonds is 4. The molecule has 0 saturated carbocycles. The van der Waals surface area contributed by atoms with Gasteiger partial charge in [-0.3, -0.25) is 4.79 Å². The maximum absolute atomic E-state index is 11.8. The second-order valence-electron chi connectivity index (χ2n) is 4.89. The van der Waals surface area contributed by atoms with Gasteiger partial charge < -0.3 is 20.1 Å². The predicted molar refractivity (Wildman–Crippen MR) is 73.8 cm³/mol. The molecule has 0 bridgehead atoms. The Morgan fingerprint density at radius 1 is 1.16 bits per heavy atom. The summed E-state index contributed by atoms with van der Waals surface area (Å²) in [6.45, 7) is 6.84. The lowest BCUT2D eigenvalue weighted by Gasteiger charge is -2.21. The van der Waals surface area contributed by atoms with Gasteiger partial charge in [0.15, 0.2) is 11.5 Å². The van der Waals surface area contributed by atoms with Crippen LogP contribution in [0, 0.1) is 0 Å². The van der Waals surface area contributed by atoms with Crippen LogP contribution >= 0.6 is 0 Å². The molecule has 5 heteroatoms. The molecule has 1 aliphatic heterocycles. The van der Waals surface area contributed by atoms with E-state index in [0.29, 0.717) is 19.0 Å². The zero-order valence-electron chi connectivity index (χ0n) is 11.5. The van der Waals surface area contributed by atoms with Crippen molar-refractivity contribution in [3.05, 3.63) is 18.2 Å². The van der Waals surface area contributed by atoms with Gasteiger partial charge in [-0.15, -0.1) is 0 Å². The molecule has 0 saturated heterocycles. The zero-order valence-corrected chi connectivity index (χ0v) is 11.5. The van der Waals surface area contributed by atoms with E-state index in [-0.39, 0.29) is 18.0 Å². The summed E-state index contributed by atoms with van der Waals surface area (Å²) in [5.74, 6) is 1.44. The number of hydrogen-bond donors (Lipinski definition) is 2. The van der Waals surface area contributed by atoms with Crippen LogP contribution in [0.15, 0.2) is 18.2 Å². The molecule has 5 nitrogen and oxygen atoms in total. The van der Waals surface area contributed by atoms with E-state index in [1.807, 2.05) is 39.0 Å². The maximum Gasteiger partial charge on any atom is 0.242 e. The highest BCUT2D eigenvalue weighted by Crippen LogP contribution is 2.32. The SMILES string of the molecule is CC(C)NC(=O)C(C)Nc1ccc2c(c1)OCCO2. The molecule has 1 aromatic rings. The van der Waals surface area contributed by atoms with E-state index >= 15 is 0 Å². The molecule has 1 heterocycles. The van der Waals surface area contributed by atoms with Gasteiger partial charge in [-0.25, -0.2) is 0 Å². The summed E-state index contributed by atoms with van der Waals surface area (Å²) in [6.07, 6.45) is 0. The summed E-state index contributed by atoms with van der Waals surface area (Å²) in [5, 5.41) is 6.02. The van der Waals surface area contributed by atoms with Gasteiger partial charge in [0.05, 0.1) is 0 Å². The molecule has 0 aliphatic carbocycles. The van der Waals surface area contributed by atoms with Crippen molar-refractivity contribution in [3.63, 3.8) is 0 Å². The minimum Gasteiger partial charge on any atom is -0.486 e. The second-order valence-corrected chi connectivity index (χ2v) is 4.89. The van der Waals surface area contributed by atoms with Crippen LogP contribution in [0.4, 0.5) is 5.69 Å². The highest BCUT2D eigenvalue weighted by Gasteiger charge is 2.16. The lowest BCUT2D eigenvalue weighted by molar-refractivity contribution is -0.122. The Balaban J connectivity index is 2.01. The van der Waals surface area contributed by atoms with E-state index in [4.69, 9.17) is 9.47 Å². The Morgan fingerprint density at radius 3 is 2.53 bits per heavy atom. The topological polar surface area (TPSA) is 59.6 Å². The van der Waals surface area contributed by atoms with Gasteiger partial charge in [-0.2, -0.15) is 0 Å². The molecule has 1 unspecified atom stereocenters. The first kappa shape index (κ1) is 13.5. The molecule has 2 rings (SSSR count). The number of hydrogen-bond acceptors (Lipinski definition) is 4. The van der Waals surface area contributed by atoms with Crippen LogP contribution in [0.3, 0.4) is 0 Å². The average Bonchev–Trinajstić information content (AvgIpc) is 2.37. The maximum atomic E-state index is 11.8. The van der Waals surface area contributed by atoms with Gasteiger partial charge in [-0.1, -0.05) is 0 Å². The van der Waals surface area contributed by atoms with Crippen LogP contribution in [0.5, 0.6) is 11.5 Å². The Kier molecular flexibility index (Phi) is 4.14. The van der Waals surface area contributed by atoms with Crippen LogP contribution in [-0.4, -0.2) is 31.2 Å². The summed E-state index contributed by atoms with van der Waals surface area (Å²) < 4.78 is 11.0. The number of ether oxygens (including phenoxy) is 2. The second kappa shape index (κ2) is 5.82. The predicted octanol–water partition coefficient (Wildman–Crippen LogP) is 1.78. The molecular weight excluding hydrogens is 244 g/mol. The fourth-order valence-electron chi connectivity index (χ4n) is 1.86. The lowest BCUT2D eigenvalue weighted by Crippen LogP contribution is -2.40. The van der Waals surface area contributed by atoms with Crippen molar-refractivity contribution in [2.24, 2.45) is 0 Å². The molecule has 19 heavy (non-hydrogen) atoms. The van der Waals surface area contributed by atoms with Gasteiger partial charge in [0.25, 0.3) is 0 Å². The van der Waals surface area contributed by atoms with Crippen molar-refractivity contribution < 1.29 is 14.3 Å². The summed E-state index contributed by atoms with van der Waals surface area (Å²) in [4.78, 5) is 11.8. The van der Waals surface area contributed by atoms with E-state index in [1.165, 1.54) is 0 Å². The largest absolute Gasteiger partial charge is 0.486 e. The third kappa shape index (κ3) is 3.53. The molecule has 1 aliphatic rings. The number of benzene rings is 1. The monoisotopic (exact) mass is 264 g/mol. The van der Waals surface area contributed by atoms with E-state index in [0.717, 1.165) is 11.4 Å². The van der Waals surface area contributed by atoms with Crippen molar-refractivity contribution in [1.82, 2.24) is 5.32 Å². The van der Waals surface area contributed by atoms with Crippen LogP contribution in [-0.2, 0) is 4.79 Å². The Bertz CT molecular complexity index is 460. The molecule has 104 valence electrons. The number of anilines is 1.